The van der Waals surface area contributed by atoms with Gasteiger partial charge < -0.3 is 24.1 Å². The van der Waals surface area contributed by atoms with Gasteiger partial charge in [-0.25, -0.2) is 9.18 Å². The highest BCUT2D eigenvalue weighted by atomic mass is 19.1. The van der Waals surface area contributed by atoms with E-state index in [1.807, 2.05) is 6.07 Å². The van der Waals surface area contributed by atoms with Crippen LogP contribution in [0.3, 0.4) is 0 Å². The van der Waals surface area contributed by atoms with Crippen LogP contribution in [0.25, 0.3) is 11.0 Å². The number of hydrogen-bond acceptors (Lipinski definition) is 6. The van der Waals surface area contributed by atoms with E-state index in [1.54, 1.807) is 42.0 Å². The number of rotatable bonds is 8. The van der Waals surface area contributed by atoms with Crippen LogP contribution in [0.2, 0.25) is 0 Å². The van der Waals surface area contributed by atoms with Crippen molar-refractivity contribution in [2.75, 3.05) is 6.54 Å². The smallest absolute Gasteiger partial charge is 0.336 e. The number of nitrogens with one attached hydrogen (secondary N) is 1. The van der Waals surface area contributed by atoms with Gasteiger partial charge in [-0.3, -0.25) is 4.79 Å². The number of halogens is 1. The highest BCUT2D eigenvalue weighted by Crippen LogP contribution is 2.23. The van der Waals surface area contributed by atoms with Crippen molar-refractivity contribution in [1.29, 1.82) is 0 Å². The number of ether oxygens (including phenoxy) is 1. The first kappa shape index (κ1) is 22.3. The minimum atomic E-state index is -0.462. The summed E-state index contributed by atoms with van der Waals surface area (Å²) in [6.45, 7) is 3.48. The van der Waals surface area contributed by atoms with Gasteiger partial charge in [0, 0.05) is 49.4 Å². The maximum atomic E-state index is 13.0. The number of hydrogen-bond donors (Lipinski definition) is 2. The number of pyridine rings is 1. The van der Waals surface area contributed by atoms with Gasteiger partial charge in [-0.05, 0) is 42.3 Å². The van der Waals surface area contributed by atoms with E-state index < -0.39 is 11.1 Å². The predicted octanol–water partition coefficient (Wildman–Crippen LogP) is 3.48. The van der Waals surface area contributed by atoms with Crippen molar-refractivity contribution >= 4 is 11.0 Å². The number of benzene rings is 2. The number of aromatic hydroxyl groups is 1. The molecule has 0 aliphatic heterocycles. The van der Waals surface area contributed by atoms with Crippen LogP contribution >= 0.6 is 0 Å². The third-order valence-corrected chi connectivity index (χ3v) is 5.38. The average Bonchev–Trinajstić information content (AvgIpc) is 2.80. The van der Waals surface area contributed by atoms with Crippen LogP contribution in [-0.2, 0) is 19.7 Å². The minimum absolute atomic E-state index is 0.249. The van der Waals surface area contributed by atoms with Crippen molar-refractivity contribution in [1.82, 2.24) is 9.88 Å². The van der Waals surface area contributed by atoms with Gasteiger partial charge in [-0.1, -0.05) is 12.1 Å². The Bertz CT molecular complexity index is 1390. The summed E-state index contributed by atoms with van der Waals surface area (Å²) in [7, 11) is 0. The van der Waals surface area contributed by atoms with Crippen LogP contribution in [0.4, 0.5) is 4.39 Å². The Morgan fingerprint density at radius 2 is 1.88 bits per heavy atom. The average molecular weight is 450 g/mol. The topological polar surface area (TPSA) is 93.7 Å². The van der Waals surface area contributed by atoms with Crippen LogP contribution in [-0.4, -0.2) is 16.2 Å². The zero-order valence-electron chi connectivity index (χ0n) is 18.0. The third kappa shape index (κ3) is 5.30. The molecule has 8 heteroatoms. The minimum Gasteiger partial charge on any atom is -0.503 e. The van der Waals surface area contributed by atoms with Crippen molar-refractivity contribution in [3.05, 3.63) is 104 Å². The second-order valence-electron chi connectivity index (χ2n) is 7.65. The Hall–Kier alpha value is -3.91. The largest absolute Gasteiger partial charge is 0.503 e. The molecule has 7 nitrogen and oxygen atoms in total. The summed E-state index contributed by atoms with van der Waals surface area (Å²) in [6.07, 6.45) is 1.64. The maximum Gasteiger partial charge on any atom is 0.336 e. The first-order valence-corrected chi connectivity index (χ1v) is 10.4. The lowest BCUT2D eigenvalue weighted by atomic mass is 10.1. The summed E-state index contributed by atoms with van der Waals surface area (Å²) in [5, 5.41) is 13.8. The maximum absolute atomic E-state index is 13.0. The molecule has 170 valence electrons. The zero-order chi connectivity index (χ0) is 23.4. The molecule has 2 aromatic carbocycles. The molecule has 4 aromatic rings. The van der Waals surface area contributed by atoms with Gasteiger partial charge in [-0.15, -0.1) is 0 Å². The highest BCUT2D eigenvalue weighted by molar-refractivity contribution is 5.81. The lowest BCUT2D eigenvalue weighted by molar-refractivity contribution is 0.306. The van der Waals surface area contributed by atoms with Gasteiger partial charge in [0.25, 0.3) is 0 Å². The van der Waals surface area contributed by atoms with Crippen molar-refractivity contribution < 1.29 is 18.7 Å². The molecule has 2 aromatic heterocycles. The van der Waals surface area contributed by atoms with Gasteiger partial charge in [0.1, 0.15) is 23.8 Å². The van der Waals surface area contributed by atoms with Crippen molar-refractivity contribution in [3.63, 3.8) is 0 Å². The summed E-state index contributed by atoms with van der Waals surface area (Å²) >= 11 is 0. The fourth-order valence-corrected chi connectivity index (χ4v) is 3.52. The highest BCUT2D eigenvalue weighted by Gasteiger charge is 2.09. The molecule has 0 atom stereocenters. The van der Waals surface area contributed by atoms with Crippen LogP contribution < -0.4 is 21.1 Å². The van der Waals surface area contributed by atoms with E-state index in [4.69, 9.17) is 9.15 Å². The molecule has 0 spiro atoms. The van der Waals surface area contributed by atoms with E-state index in [-0.39, 0.29) is 18.2 Å². The quantitative estimate of drug-likeness (QED) is 0.315. The standard InChI is InChI=1S/C25H23FN2O5/c1-16-25(31)22(29)8-10-28(16)11-9-27-14-18-12-24(30)33-23-13-20(6-7-21(18)23)32-15-17-2-4-19(26)5-3-17/h2-8,10,12-13,27,31H,9,11,14-15H2,1H3. The third-order valence-electron chi connectivity index (χ3n) is 5.38. The van der Waals surface area contributed by atoms with Crippen LogP contribution in [0.15, 0.2) is 74.8 Å². The summed E-state index contributed by atoms with van der Waals surface area (Å²) in [5.74, 6) is -0.0187. The second-order valence-corrected chi connectivity index (χ2v) is 7.65. The summed E-state index contributed by atoms with van der Waals surface area (Å²) < 4.78 is 25.9. The lowest BCUT2D eigenvalue weighted by Gasteiger charge is -2.13. The van der Waals surface area contributed by atoms with Crippen molar-refractivity contribution in [3.8, 4) is 11.5 Å². The first-order valence-electron chi connectivity index (χ1n) is 10.4. The van der Waals surface area contributed by atoms with Gasteiger partial charge in [0.15, 0.2) is 5.75 Å². The van der Waals surface area contributed by atoms with Crippen LogP contribution in [0.1, 0.15) is 16.8 Å². The second kappa shape index (κ2) is 9.70. The number of fused-ring (bicyclic) bond motifs is 1. The molecule has 0 amide bonds. The Labute approximate surface area is 188 Å². The van der Waals surface area contributed by atoms with E-state index >= 15 is 0 Å². The lowest BCUT2D eigenvalue weighted by Crippen LogP contribution is -2.22. The van der Waals surface area contributed by atoms with E-state index in [0.717, 1.165) is 16.5 Å². The van der Waals surface area contributed by atoms with Gasteiger partial charge in [0.2, 0.25) is 5.43 Å². The molecule has 0 unspecified atom stereocenters. The van der Waals surface area contributed by atoms with Crippen molar-refractivity contribution in [2.24, 2.45) is 0 Å². The van der Waals surface area contributed by atoms with E-state index in [2.05, 4.69) is 5.32 Å². The Kier molecular flexibility index (Phi) is 6.55. The molecule has 0 saturated carbocycles. The van der Waals surface area contributed by atoms with E-state index in [9.17, 15) is 19.1 Å². The molecule has 2 heterocycles. The molecule has 0 saturated heterocycles. The molecule has 0 fully saturated rings. The summed E-state index contributed by atoms with van der Waals surface area (Å²) in [5.41, 5.74) is 1.66. The normalized spacial score (nSPS) is 11.1. The Morgan fingerprint density at radius 1 is 1.09 bits per heavy atom. The molecule has 0 aliphatic carbocycles. The van der Waals surface area contributed by atoms with Gasteiger partial charge in [-0.2, -0.15) is 0 Å². The number of nitrogens with zero attached hydrogens (tertiary/aromatic N) is 1. The molecular formula is C25H23FN2O5. The Balaban J connectivity index is 1.42. The van der Waals surface area contributed by atoms with Gasteiger partial charge in [0.05, 0.1) is 5.69 Å². The molecule has 33 heavy (non-hydrogen) atoms. The van der Waals surface area contributed by atoms with E-state index in [1.165, 1.54) is 24.3 Å². The molecule has 2 N–H and O–H groups in total. The van der Waals surface area contributed by atoms with Crippen molar-refractivity contribution in [2.45, 2.75) is 26.6 Å². The van der Waals surface area contributed by atoms with Crippen LogP contribution in [0, 0.1) is 12.7 Å². The Morgan fingerprint density at radius 3 is 2.67 bits per heavy atom. The molecule has 0 aliphatic rings. The SMILES string of the molecule is Cc1c(O)c(=O)ccn1CCNCc1cc(=O)oc2cc(OCc3ccc(F)cc3)ccc12. The zero-order valence-corrected chi connectivity index (χ0v) is 18.0. The fraction of sp³-hybridized carbons (Fsp3) is 0.200. The predicted molar refractivity (Wildman–Crippen MR) is 122 cm³/mol. The molecule has 0 radical (unpaired) electrons. The first-order chi connectivity index (χ1) is 15.9. The number of aromatic nitrogens is 1. The summed E-state index contributed by atoms with van der Waals surface area (Å²) in [6, 6.07) is 14.1. The van der Waals surface area contributed by atoms with Gasteiger partial charge >= 0.3 is 5.63 Å². The summed E-state index contributed by atoms with van der Waals surface area (Å²) in [4.78, 5) is 23.5. The van der Waals surface area contributed by atoms with E-state index in [0.29, 0.717) is 36.7 Å². The monoisotopic (exact) mass is 450 g/mol. The molecular weight excluding hydrogens is 427 g/mol. The molecule has 4 rings (SSSR count). The molecule has 0 bridgehead atoms. The fourth-order valence-electron chi connectivity index (χ4n) is 3.52. The van der Waals surface area contributed by atoms with Crippen LogP contribution in [0.5, 0.6) is 11.5 Å².